The molecule has 1 aliphatic heterocycles. The highest BCUT2D eigenvalue weighted by Gasteiger charge is 2.47. The summed E-state index contributed by atoms with van der Waals surface area (Å²) in [5.74, 6) is -2.59. The van der Waals surface area contributed by atoms with Crippen molar-refractivity contribution in [2.24, 2.45) is 0 Å². The van der Waals surface area contributed by atoms with Crippen molar-refractivity contribution in [3.05, 3.63) is 18.2 Å². The van der Waals surface area contributed by atoms with Crippen LogP contribution in [-0.4, -0.2) is 58.4 Å². The Bertz CT molecular complexity index is 472. The van der Waals surface area contributed by atoms with Gasteiger partial charge in [0, 0.05) is 19.6 Å². The summed E-state index contributed by atoms with van der Waals surface area (Å²) in [6, 6.07) is -1.54. The number of hydrogen-bond donors (Lipinski definition) is 2. The van der Waals surface area contributed by atoms with E-state index in [9.17, 15) is 22.8 Å². The lowest BCUT2D eigenvalue weighted by atomic mass is 10.1. The van der Waals surface area contributed by atoms with E-state index >= 15 is 0 Å². The molecule has 0 spiro atoms. The average molecular weight is 276 g/mol. The number of carbonyl (C=O) groups excluding carboxylic acids is 2. The van der Waals surface area contributed by atoms with Gasteiger partial charge in [0.2, 0.25) is 0 Å². The highest BCUT2D eigenvalue weighted by molar-refractivity contribution is 5.98. The number of carbonyl (C=O) groups is 2. The molecule has 1 fully saturated rings. The summed E-state index contributed by atoms with van der Waals surface area (Å²) in [5.41, 5.74) is 0.0573. The molecule has 2 rings (SSSR count). The number of Topliss-reactive ketones (excluding diaryl/α,β-unsaturated/α-hetero) is 1. The topological polar surface area (TPSA) is 78.1 Å². The third-order valence-electron chi connectivity index (χ3n) is 2.81. The molecule has 1 saturated heterocycles. The molecule has 0 aliphatic carbocycles. The van der Waals surface area contributed by atoms with Crippen LogP contribution in [-0.2, 0) is 4.79 Å². The third kappa shape index (κ3) is 2.75. The first-order chi connectivity index (χ1) is 8.91. The molecule has 2 N–H and O–H groups in total. The molecule has 2 heterocycles. The first-order valence-electron chi connectivity index (χ1n) is 5.52. The SMILES string of the molecule is O=C(c1cnc[nH]1)N1CCNCC1C(=O)C(F)(F)F. The number of imidazole rings is 1. The van der Waals surface area contributed by atoms with E-state index in [1.807, 2.05) is 0 Å². The molecule has 0 bridgehead atoms. The van der Waals surface area contributed by atoms with Crippen molar-refractivity contribution in [3.8, 4) is 0 Å². The van der Waals surface area contributed by atoms with Crippen LogP contribution in [0.4, 0.5) is 13.2 Å². The van der Waals surface area contributed by atoms with Crippen molar-refractivity contribution in [2.75, 3.05) is 19.6 Å². The molecule has 6 nitrogen and oxygen atoms in total. The van der Waals surface area contributed by atoms with Gasteiger partial charge >= 0.3 is 6.18 Å². The van der Waals surface area contributed by atoms with E-state index in [1.54, 1.807) is 0 Å². The molecule has 1 aromatic heterocycles. The second-order valence-corrected chi connectivity index (χ2v) is 4.05. The summed E-state index contributed by atoms with van der Waals surface area (Å²) in [6.07, 6.45) is -2.51. The molecule has 0 saturated carbocycles. The third-order valence-corrected chi connectivity index (χ3v) is 2.81. The lowest BCUT2D eigenvalue weighted by Crippen LogP contribution is -2.59. The summed E-state index contributed by atoms with van der Waals surface area (Å²) in [4.78, 5) is 30.4. The maximum absolute atomic E-state index is 12.5. The van der Waals surface area contributed by atoms with Gasteiger partial charge in [-0.15, -0.1) is 0 Å². The van der Waals surface area contributed by atoms with E-state index in [0.717, 1.165) is 4.90 Å². The zero-order chi connectivity index (χ0) is 14.0. The van der Waals surface area contributed by atoms with Crippen LogP contribution in [0.2, 0.25) is 0 Å². The Morgan fingerprint density at radius 1 is 1.42 bits per heavy atom. The second kappa shape index (κ2) is 5.00. The lowest BCUT2D eigenvalue weighted by Gasteiger charge is -2.35. The molecule has 0 aromatic carbocycles. The molecular weight excluding hydrogens is 265 g/mol. The fourth-order valence-electron chi connectivity index (χ4n) is 1.90. The number of piperazine rings is 1. The minimum atomic E-state index is -4.96. The fraction of sp³-hybridized carbons (Fsp3) is 0.500. The summed E-state index contributed by atoms with van der Waals surface area (Å²) in [5, 5.41) is 2.68. The molecule has 1 aromatic rings. The summed E-state index contributed by atoms with van der Waals surface area (Å²) >= 11 is 0. The zero-order valence-corrected chi connectivity index (χ0v) is 9.70. The van der Waals surface area contributed by atoms with Crippen LogP contribution in [0.25, 0.3) is 0 Å². The van der Waals surface area contributed by atoms with Crippen LogP contribution in [0.15, 0.2) is 12.5 Å². The highest BCUT2D eigenvalue weighted by Crippen LogP contribution is 2.22. The van der Waals surface area contributed by atoms with Gasteiger partial charge in [0.25, 0.3) is 11.7 Å². The smallest absolute Gasteiger partial charge is 0.341 e. The monoisotopic (exact) mass is 276 g/mol. The van der Waals surface area contributed by atoms with E-state index in [0.29, 0.717) is 6.54 Å². The number of rotatable bonds is 2. The number of aromatic nitrogens is 2. The Labute approximate surface area is 106 Å². The largest absolute Gasteiger partial charge is 0.452 e. The zero-order valence-electron chi connectivity index (χ0n) is 9.70. The maximum Gasteiger partial charge on any atom is 0.452 e. The van der Waals surface area contributed by atoms with Crippen LogP contribution in [0.5, 0.6) is 0 Å². The molecule has 19 heavy (non-hydrogen) atoms. The fourth-order valence-corrected chi connectivity index (χ4v) is 1.90. The van der Waals surface area contributed by atoms with Crippen LogP contribution < -0.4 is 5.32 Å². The van der Waals surface area contributed by atoms with Gasteiger partial charge in [-0.05, 0) is 0 Å². The first kappa shape index (κ1) is 13.5. The van der Waals surface area contributed by atoms with E-state index in [4.69, 9.17) is 0 Å². The van der Waals surface area contributed by atoms with Crippen molar-refractivity contribution >= 4 is 11.7 Å². The van der Waals surface area contributed by atoms with Gasteiger partial charge in [0.1, 0.15) is 11.7 Å². The highest BCUT2D eigenvalue weighted by atomic mass is 19.4. The minimum Gasteiger partial charge on any atom is -0.341 e. The molecule has 1 atom stereocenters. The maximum atomic E-state index is 12.5. The minimum absolute atomic E-state index is 0.0321. The van der Waals surface area contributed by atoms with Gasteiger partial charge in [-0.25, -0.2) is 4.98 Å². The van der Waals surface area contributed by atoms with Crippen molar-refractivity contribution in [1.29, 1.82) is 0 Å². The van der Waals surface area contributed by atoms with E-state index < -0.39 is 23.9 Å². The number of hydrogen-bond acceptors (Lipinski definition) is 4. The van der Waals surface area contributed by atoms with Crippen molar-refractivity contribution in [2.45, 2.75) is 12.2 Å². The van der Waals surface area contributed by atoms with Crippen LogP contribution in [0, 0.1) is 0 Å². The predicted molar refractivity (Wildman–Crippen MR) is 57.3 cm³/mol. The lowest BCUT2D eigenvalue weighted by molar-refractivity contribution is -0.176. The van der Waals surface area contributed by atoms with Gasteiger partial charge in [-0.2, -0.15) is 13.2 Å². The van der Waals surface area contributed by atoms with Gasteiger partial charge in [0.15, 0.2) is 0 Å². The Hall–Kier alpha value is -1.90. The van der Waals surface area contributed by atoms with Crippen LogP contribution >= 0.6 is 0 Å². The number of nitrogens with zero attached hydrogens (tertiary/aromatic N) is 2. The Morgan fingerprint density at radius 2 is 2.16 bits per heavy atom. The molecule has 0 radical (unpaired) electrons. The Morgan fingerprint density at radius 3 is 2.74 bits per heavy atom. The van der Waals surface area contributed by atoms with E-state index in [1.165, 1.54) is 12.5 Å². The number of aromatic amines is 1. The second-order valence-electron chi connectivity index (χ2n) is 4.05. The Kier molecular flexibility index (Phi) is 3.56. The van der Waals surface area contributed by atoms with Crippen LogP contribution in [0.3, 0.4) is 0 Å². The summed E-state index contributed by atoms with van der Waals surface area (Å²) < 4.78 is 37.4. The number of nitrogens with one attached hydrogen (secondary N) is 2. The quantitative estimate of drug-likeness (QED) is 0.794. The van der Waals surface area contributed by atoms with Crippen molar-refractivity contribution in [3.63, 3.8) is 0 Å². The van der Waals surface area contributed by atoms with Gasteiger partial charge < -0.3 is 15.2 Å². The summed E-state index contributed by atoms with van der Waals surface area (Å²) in [7, 11) is 0. The van der Waals surface area contributed by atoms with Crippen molar-refractivity contribution in [1.82, 2.24) is 20.2 Å². The van der Waals surface area contributed by atoms with Gasteiger partial charge in [-0.1, -0.05) is 0 Å². The molecule has 1 amide bonds. The Balaban J connectivity index is 2.21. The molecular formula is C10H11F3N4O2. The number of ketones is 1. The predicted octanol–water partition coefficient (Wildman–Crippen LogP) is -0.0449. The standard InChI is InChI=1S/C10H11F3N4O2/c11-10(12,13)8(18)7-4-14-1-2-17(7)9(19)6-3-15-5-16-6/h3,5,7,14H,1-2,4H2,(H,15,16). The van der Waals surface area contributed by atoms with Crippen molar-refractivity contribution < 1.29 is 22.8 Å². The van der Waals surface area contributed by atoms with Crippen LogP contribution in [0.1, 0.15) is 10.5 Å². The number of H-pyrrole nitrogens is 1. The average Bonchev–Trinajstić information content (AvgIpc) is 2.90. The molecule has 1 unspecified atom stereocenters. The normalized spacial score (nSPS) is 20.4. The number of amides is 1. The first-order valence-corrected chi connectivity index (χ1v) is 5.52. The van der Waals surface area contributed by atoms with E-state index in [-0.39, 0.29) is 18.8 Å². The van der Waals surface area contributed by atoms with Gasteiger partial charge in [0.05, 0.1) is 12.5 Å². The number of alkyl halides is 3. The van der Waals surface area contributed by atoms with E-state index in [2.05, 4.69) is 15.3 Å². The molecule has 104 valence electrons. The molecule has 9 heteroatoms. The van der Waals surface area contributed by atoms with Gasteiger partial charge in [-0.3, -0.25) is 9.59 Å². The number of halogens is 3. The summed E-state index contributed by atoms with van der Waals surface area (Å²) in [6.45, 7) is 0.157. The molecule has 1 aliphatic rings.